The zero-order valence-corrected chi connectivity index (χ0v) is 12.4. The molecule has 1 unspecified atom stereocenters. The number of nitrogens with zero attached hydrogens (tertiary/aromatic N) is 2. The van der Waals surface area contributed by atoms with Crippen LogP contribution in [0.5, 0.6) is 0 Å². The third-order valence-electron chi connectivity index (χ3n) is 3.76. The second-order valence-electron chi connectivity index (χ2n) is 5.36. The smallest absolute Gasteiger partial charge is 0.263 e. The highest BCUT2D eigenvalue weighted by Gasteiger charge is 2.39. The van der Waals surface area contributed by atoms with Gasteiger partial charge in [-0.25, -0.2) is 8.42 Å². The Morgan fingerprint density at radius 1 is 1.53 bits per heavy atom. The molecule has 1 aliphatic rings. The van der Waals surface area contributed by atoms with Crippen LogP contribution in [-0.2, 0) is 16.6 Å². The Morgan fingerprint density at radius 3 is 2.79 bits per heavy atom. The van der Waals surface area contributed by atoms with E-state index in [1.165, 1.54) is 4.31 Å². The van der Waals surface area contributed by atoms with Gasteiger partial charge in [-0.2, -0.15) is 9.40 Å². The van der Waals surface area contributed by atoms with E-state index in [4.69, 9.17) is 0 Å². The summed E-state index contributed by atoms with van der Waals surface area (Å²) in [6.07, 6.45) is 1.76. The first-order valence-electron chi connectivity index (χ1n) is 6.56. The highest BCUT2D eigenvalue weighted by atomic mass is 32.2. The van der Waals surface area contributed by atoms with E-state index in [0.717, 1.165) is 12.8 Å². The minimum absolute atomic E-state index is 0.0218. The first-order chi connectivity index (χ1) is 8.89. The van der Waals surface area contributed by atoms with Crippen molar-refractivity contribution < 1.29 is 13.5 Å². The van der Waals surface area contributed by atoms with E-state index in [0.29, 0.717) is 17.8 Å². The second kappa shape index (κ2) is 5.22. The van der Waals surface area contributed by atoms with Crippen LogP contribution >= 0.6 is 0 Å². The molecule has 6 nitrogen and oxygen atoms in total. The van der Waals surface area contributed by atoms with Crippen molar-refractivity contribution in [2.75, 3.05) is 6.54 Å². The van der Waals surface area contributed by atoms with E-state index in [-0.39, 0.29) is 23.6 Å². The number of aryl methyl sites for hydroxylation is 1. The summed E-state index contributed by atoms with van der Waals surface area (Å²) in [5, 5.41) is 15.8. The predicted molar refractivity (Wildman–Crippen MR) is 71.0 cm³/mol. The zero-order valence-electron chi connectivity index (χ0n) is 11.5. The van der Waals surface area contributed by atoms with Crippen LogP contribution in [0.15, 0.2) is 5.03 Å². The Morgan fingerprint density at radius 2 is 2.21 bits per heavy atom. The average molecular weight is 287 g/mol. The SMILES string of the molecule is Cc1[nH]nc(S(=O)(=O)N2CCCC2C(C)C)c1CO. The number of aromatic nitrogens is 2. The van der Waals surface area contributed by atoms with Crippen LogP contribution in [0.25, 0.3) is 0 Å². The molecule has 1 aromatic heterocycles. The predicted octanol–water partition coefficient (Wildman–Crippen LogP) is 1.02. The second-order valence-corrected chi connectivity index (χ2v) is 7.17. The molecule has 0 saturated carbocycles. The molecule has 0 aromatic carbocycles. The van der Waals surface area contributed by atoms with Crippen molar-refractivity contribution in [3.05, 3.63) is 11.3 Å². The van der Waals surface area contributed by atoms with Crippen LogP contribution in [0.2, 0.25) is 0 Å². The number of sulfonamides is 1. The molecule has 0 spiro atoms. The van der Waals surface area contributed by atoms with E-state index in [2.05, 4.69) is 10.2 Å². The first kappa shape index (κ1) is 14.5. The molecule has 0 aliphatic carbocycles. The van der Waals surface area contributed by atoms with Gasteiger partial charge >= 0.3 is 0 Å². The van der Waals surface area contributed by atoms with Crippen molar-refractivity contribution in [1.29, 1.82) is 0 Å². The summed E-state index contributed by atoms with van der Waals surface area (Å²) in [5.74, 6) is 0.273. The topological polar surface area (TPSA) is 86.3 Å². The van der Waals surface area contributed by atoms with E-state index in [1.54, 1.807) is 6.92 Å². The lowest BCUT2D eigenvalue weighted by Gasteiger charge is -2.26. The van der Waals surface area contributed by atoms with Crippen LogP contribution in [0.4, 0.5) is 0 Å². The summed E-state index contributed by atoms with van der Waals surface area (Å²) in [6.45, 7) is 5.98. The largest absolute Gasteiger partial charge is 0.392 e. The van der Waals surface area contributed by atoms with Gasteiger partial charge in [0.1, 0.15) is 0 Å². The lowest BCUT2D eigenvalue weighted by atomic mass is 10.0. The molecule has 19 heavy (non-hydrogen) atoms. The Kier molecular flexibility index (Phi) is 3.98. The maximum absolute atomic E-state index is 12.7. The van der Waals surface area contributed by atoms with Gasteiger partial charge < -0.3 is 5.11 Å². The number of rotatable bonds is 4. The van der Waals surface area contributed by atoms with Gasteiger partial charge in [-0.05, 0) is 25.7 Å². The molecule has 2 heterocycles. The summed E-state index contributed by atoms with van der Waals surface area (Å²) in [7, 11) is -3.62. The Labute approximate surface area is 113 Å². The molecule has 1 fully saturated rings. The summed E-state index contributed by atoms with van der Waals surface area (Å²) in [5.41, 5.74) is 0.968. The fraction of sp³-hybridized carbons (Fsp3) is 0.750. The number of aliphatic hydroxyl groups is 1. The van der Waals surface area contributed by atoms with E-state index in [9.17, 15) is 13.5 Å². The molecular weight excluding hydrogens is 266 g/mol. The molecular formula is C12H21N3O3S. The number of aromatic amines is 1. The quantitative estimate of drug-likeness (QED) is 0.865. The minimum Gasteiger partial charge on any atom is -0.392 e. The molecule has 2 N–H and O–H groups in total. The molecule has 1 aliphatic heterocycles. The van der Waals surface area contributed by atoms with Crippen molar-refractivity contribution in [3.8, 4) is 0 Å². The molecule has 108 valence electrons. The Hall–Kier alpha value is -0.920. The maximum Gasteiger partial charge on any atom is 0.263 e. The molecule has 1 aromatic rings. The zero-order chi connectivity index (χ0) is 14.2. The highest BCUT2D eigenvalue weighted by molar-refractivity contribution is 7.89. The van der Waals surface area contributed by atoms with Gasteiger partial charge in [-0.15, -0.1) is 0 Å². The fourth-order valence-electron chi connectivity index (χ4n) is 2.67. The summed E-state index contributed by atoms with van der Waals surface area (Å²) >= 11 is 0. The number of H-pyrrole nitrogens is 1. The molecule has 2 rings (SSSR count). The van der Waals surface area contributed by atoms with Crippen LogP contribution < -0.4 is 0 Å². The number of aliphatic hydroxyl groups excluding tert-OH is 1. The van der Waals surface area contributed by atoms with Gasteiger partial charge in [0.25, 0.3) is 10.0 Å². The van der Waals surface area contributed by atoms with Crippen molar-refractivity contribution >= 4 is 10.0 Å². The summed E-state index contributed by atoms with van der Waals surface area (Å²) in [6, 6.07) is 0.0218. The summed E-state index contributed by atoms with van der Waals surface area (Å²) < 4.78 is 26.9. The average Bonchev–Trinajstić information content (AvgIpc) is 2.94. The van der Waals surface area contributed by atoms with Gasteiger partial charge in [0.15, 0.2) is 5.03 Å². The standard InChI is InChI=1S/C12H21N3O3S/c1-8(2)11-5-4-6-15(11)19(17,18)12-10(7-16)9(3)13-14-12/h8,11,16H,4-7H2,1-3H3,(H,13,14). The molecule has 7 heteroatoms. The van der Waals surface area contributed by atoms with Crippen LogP contribution in [0.1, 0.15) is 37.9 Å². The normalized spacial score (nSPS) is 21.4. The van der Waals surface area contributed by atoms with E-state index >= 15 is 0 Å². The molecule has 1 atom stereocenters. The van der Waals surface area contributed by atoms with Crippen molar-refractivity contribution in [2.45, 2.75) is 51.3 Å². The van der Waals surface area contributed by atoms with E-state index < -0.39 is 10.0 Å². The minimum atomic E-state index is -3.62. The van der Waals surface area contributed by atoms with Crippen molar-refractivity contribution in [2.24, 2.45) is 5.92 Å². The van der Waals surface area contributed by atoms with Gasteiger partial charge in [0.2, 0.25) is 0 Å². The number of nitrogens with one attached hydrogen (secondary N) is 1. The van der Waals surface area contributed by atoms with Crippen LogP contribution in [-0.4, -0.2) is 40.6 Å². The van der Waals surface area contributed by atoms with Gasteiger partial charge in [-0.3, -0.25) is 5.10 Å². The molecule has 1 saturated heterocycles. The van der Waals surface area contributed by atoms with E-state index in [1.807, 2.05) is 13.8 Å². The maximum atomic E-state index is 12.7. The fourth-order valence-corrected chi connectivity index (χ4v) is 4.66. The lowest BCUT2D eigenvalue weighted by molar-refractivity contribution is 0.276. The third kappa shape index (κ3) is 2.42. The van der Waals surface area contributed by atoms with Gasteiger partial charge in [-0.1, -0.05) is 13.8 Å². The first-order valence-corrected chi connectivity index (χ1v) is 8.00. The third-order valence-corrected chi connectivity index (χ3v) is 5.66. The van der Waals surface area contributed by atoms with Gasteiger partial charge in [0.05, 0.1) is 6.61 Å². The monoisotopic (exact) mass is 287 g/mol. The Balaban J connectivity index is 2.42. The number of hydrogen-bond acceptors (Lipinski definition) is 4. The van der Waals surface area contributed by atoms with Crippen LogP contribution in [0.3, 0.4) is 0 Å². The van der Waals surface area contributed by atoms with Gasteiger partial charge in [0, 0.05) is 23.8 Å². The molecule has 0 radical (unpaired) electrons. The number of hydrogen-bond donors (Lipinski definition) is 2. The lowest BCUT2D eigenvalue weighted by Crippen LogP contribution is -2.39. The van der Waals surface area contributed by atoms with Crippen LogP contribution in [0, 0.1) is 12.8 Å². The molecule has 0 bridgehead atoms. The molecule has 0 amide bonds. The van der Waals surface area contributed by atoms with Crippen molar-refractivity contribution in [1.82, 2.24) is 14.5 Å². The summed E-state index contributed by atoms with van der Waals surface area (Å²) in [4.78, 5) is 0. The highest BCUT2D eigenvalue weighted by Crippen LogP contribution is 2.31. The Bertz CT molecular complexity index is 551. The van der Waals surface area contributed by atoms with Crippen molar-refractivity contribution in [3.63, 3.8) is 0 Å².